The lowest BCUT2D eigenvalue weighted by Crippen LogP contribution is -2.53. The number of alkyl halides is 2. The van der Waals surface area contributed by atoms with Crippen LogP contribution in [0.5, 0.6) is 0 Å². The normalized spacial score (nSPS) is 28.5. The van der Waals surface area contributed by atoms with E-state index in [-0.39, 0.29) is 60.2 Å². The molecule has 38 heavy (non-hydrogen) atoms. The number of nitrogens with zero attached hydrogens (tertiary/aromatic N) is 1. The number of hydrogen-bond donors (Lipinski definition) is 5. The summed E-state index contributed by atoms with van der Waals surface area (Å²) >= 11 is 9.78. The summed E-state index contributed by atoms with van der Waals surface area (Å²) < 4.78 is 9.82. The van der Waals surface area contributed by atoms with E-state index < -0.39 is 36.0 Å². The second-order valence-electron chi connectivity index (χ2n) is 9.52. The predicted molar refractivity (Wildman–Crippen MR) is 145 cm³/mol. The van der Waals surface area contributed by atoms with Crippen LogP contribution in [0, 0.1) is 11.8 Å². The van der Waals surface area contributed by atoms with Crippen molar-refractivity contribution in [1.82, 2.24) is 16.0 Å². The maximum Gasteiger partial charge on any atom is 0.413 e. The fourth-order valence-corrected chi connectivity index (χ4v) is 6.34. The molecule has 2 aliphatic carbocycles. The molecule has 7 atom stereocenters. The van der Waals surface area contributed by atoms with Crippen LogP contribution in [0.4, 0.5) is 4.79 Å². The van der Waals surface area contributed by atoms with Gasteiger partial charge in [-0.15, -0.1) is 11.6 Å². The third kappa shape index (κ3) is 10.6. The van der Waals surface area contributed by atoms with E-state index in [1.54, 1.807) is 13.8 Å². The Bertz CT molecular complexity index is 864. The van der Waals surface area contributed by atoms with Crippen molar-refractivity contribution in [2.45, 2.75) is 87.2 Å². The van der Waals surface area contributed by atoms with Gasteiger partial charge >= 0.3 is 12.1 Å². The first-order valence-electron chi connectivity index (χ1n) is 13.0. The van der Waals surface area contributed by atoms with Gasteiger partial charge < -0.3 is 30.9 Å². The van der Waals surface area contributed by atoms with Gasteiger partial charge in [0.25, 0.3) is 0 Å². The average molecular weight is 625 g/mol. The van der Waals surface area contributed by atoms with Crippen molar-refractivity contribution >= 4 is 57.4 Å². The van der Waals surface area contributed by atoms with Crippen LogP contribution >= 0.6 is 27.5 Å². The molecule has 6 N–H and O–H groups in total. The second-order valence-corrected chi connectivity index (χ2v) is 11.3. The van der Waals surface area contributed by atoms with Crippen LogP contribution in [-0.4, -0.2) is 83.1 Å². The quantitative estimate of drug-likeness (QED) is 0.104. The Hall–Kier alpha value is -2.12. The Labute approximate surface area is 236 Å². The van der Waals surface area contributed by atoms with Crippen molar-refractivity contribution in [3.8, 4) is 0 Å². The summed E-state index contributed by atoms with van der Waals surface area (Å²) in [4.78, 5) is 53.3. The number of guanidine groups is 1. The minimum atomic E-state index is -0.815. The van der Waals surface area contributed by atoms with E-state index in [9.17, 15) is 24.3 Å². The third-order valence-electron chi connectivity index (χ3n) is 6.64. The number of rotatable bonds is 10. The monoisotopic (exact) mass is 623 g/mol. The summed E-state index contributed by atoms with van der Waals surface area (Å²) in [5.41, 5.74) is 5.77. The number of alkyl carbamates (subject to hydrolysis) is 1. The summed E-state index contributed by atoms with van der Waals surface area (Å²) in [6.07, 6.45) is 1.85. The van der Waals surface area contributed by atoms with Crippen molar-refractivity contribution in [3.05, 3.63) is 0 Å². The van der Waals surface area contributed by atoms with Gasteiger partial charge in [-0.3, -0.25) is 19.7 Å². The van der Waals surface area contributed by atoms with Gasteiger partial charge in [-0.25, -0.2) is 9.79 Å². The first-order chi connectivity index (χ1) is 18.0. The molecule has 0 bridgehead atoms. The number of ether oxygens (including phenoxy) is 2. The third-order valence-corrected chi connectivity index (χ3v) is 7.91. The number of carbonyl (C=O) groups excluding carboxylic acids is 4. The molecule has 3 amide bonds. The summed E-state index contributed by atoms with van der Waals surface area (Å²) in [6.45, 7) is 3.46. The molecule has 2 saturated carbocycles. The molecule has 0 spiro atoms. The van der Waals surface area contributed by atoms with Gasteiger partial charge in [0.05, 0.1) is 38.3 Å². The Balaban J connectivity index is 1.93. The largest absolute Gasteiger partial charge is 0.466 e. The smallest absolute Gasteiger partial charge is 0.413 e. The molecule has 0 saturated heterocycles. The Morgan fingerprint density at radius 2 is 1.84 bits per heavy atom. The zero-order chi connectivity index (χ0) is 28.2. The fraction of sp³-hybridized carbons (Fsp3) is 0.792. The molecule has 0 radical (unpaired) electrons. The average Bonchev–Trinajstić information content (AvgIpc) is 2.84. The van der Waals surface area contributed by atoms with Crippen molar-refractivity contribution in [2.75, 3.05) is 19.8 Å². The summed E-state index contributed by atoms with van der Waals surface area (Å²) in [6, 6.07) is -0.962. The standard InChI is InChI=1S/C24H39BrClN5O7/c1-3-37-20(33)11-18(16-9-14(26)10-17(25)21(16)34)30-19(32)12-28-22(35)13-6-5-7-15(8-13)29-23(27)31-24(36)38-4-2/h13-18,21,34H,3-12H2,1-2H3,(H,28,35)(H,30,32)(H3,27,29,31,36). The number of halogens is 2. The lowest BCUT2D eigenvalue weighted by Gasteiger charge is -2.39. The molecule has 7 unspecified atom stereocenters. The first-order valence-corrected chi connectivity index (χ1v) is 14.3. The molecular formula is C24H39BrClN5O7. The molecular weight excluding hydrogens is 586 g/mol. The minimum absolute atomic E-state index is 0.0728. The molecule has 0 aromatic carbocycles. The van der Waals surface area contributed by atoms with Crippen LogP contribution in [0.15, 0.2) is 4.99 Å². The zero-order valence-electron chi connectivity index (χ0n) is 21.8. The topological polar surface area (TPSA) is 181 Å². The maximum atomic E-state index is 12.8. The van der Waals surface area contributed by atoms with Crippen LogP contribution in [0.3, 0.4) is 0 Å². The van der Waals surface area contributed by atoms with E-state index in [1.807, 2.05) is 0 Å². The fourth-order valence-electron chi connectivity index (χ4n) is 4.88. The number of carbonyl (C=O) groups is 4. The highest BCUT2D eigenvalue weighted by atomic mass is 79.9. The first kappa shape index (κ1) is 32.1. The molecule has 0 heterocycles. The van der Waals surface area contributed by atoms with Gasteiger partial charge in [-0.2, -0.15) is 0 Å². The Morgan fingerprint density at radius 3 is 2.53 bits per heavy atom. The van der Waals surface area contributed by atoms with E-state index in [1.165, 1.54) is 0 Å². The van der Waals surface area contributed by atoms with Gasteiger partial charge in [0, 0.05) is 28.1 Å². The van der Waals surface area contributed by atoms with E-state index in [0.717, 1.165) is 6.42 Å². The number of nitrogens with one attached hydrogen (secondary N) is 3. The van der Waals surface area contributed by atoms with Crippen molar-refractivity contribution in [1.29, 1.82) is 0 Å². The highest BCUT2D eigenvalue weighted by Gasteiger charge is 2.40. The maximum absolute atomic E-state index is 12.8. The van der Waals surface area contributed by atoms with Crippen molar-refractivity contribution in [3.63, 3.8) is 0 Å². The van der Waals surface area contributed by atoms with Crippen molar-refractivity contribution in [2.24, 2.45) is 22.6 Å². The van der Waals surface area contributed by atoms with Crippen LogP contribution in [-0.2, 0) is 23.9 Å². The van der Waals surface area contributed by atoms with Gasteiger partial charge in [0.2, 0.25) is 11.8 Å². The summed E-state index contributed by atoms with van der Waals surface area (Å²) in [5, 5.41) is 18.3. The Kier molecular flexibility index (Phi) is 13.6. The summed E-state index contributed by atoms with van der Waals surface area (Å²) in [7, 11) is 0. The highest BCUT2D eigenvalue weighted by molar-refractivity contribution is 9.09. The van der Waals surface area contributed by atoms with Gasteiger partial charge in [0.15, 0.2) is 5.96 Å². The van der Waals surface area contributed by atoms with Crippen LogP contribution in [0.25, 0.3) is 0 Å². The van der Waals surface area contributed by atoms with Crippen LogP contribution in [0.1, 0.15) is 58.8 Å². The summed E-state index contributed by atoms with van der Waals surface area (Å²) in [5.74, 6) is -2.19. The van der Waals surface area contributed by atoms with Crippen LogP contribution in [0.2, 0.25) is 0 Å². The number of hydrogen-bond acceptors (Lipinski definition) is 8. The number of aliphatic hydroxyl groups is 1. The molecule has 2 aliphatic rings. The zero-order valence-corrected chi connectivity index (χ0v) is 24.1. The molecule has 2 rings (SSSR count). The molecule has 14 heteroatoms. The van der Waals surface area contributed by atoms with Crippen molar-refractivity contribution < 1.29 is 33.8 Å². The van der Waals surface area contributed by atoms with Crippen LogP contribution < -0.4 is 21.7 Å². The van der Waals surface area contributed by atoms with Gasteiger partial charge in [-0.1, -0.05) is 22.4 Å². The van der Waals surface area contributed by atoms with E-state index in [4.69, 9.17) is 26.8 Å². The number of amides is 3. The van der Waals surface area contributed by atoms with E-state index in [2.05, 4.69) is 36.9 Å². The van der Waals surface area contributed by atoms with E-state index >= 15 is 0 Å². The number of nitrogens with two attached hydrogens (primary N) is 1. The van der Waals surface area contributed by atoms with Gasteiger partial charge in [-0.05, 0) is 46.0 Å². The molecule has 0 aliphatic heterocycles. The minimum Gasteiger partial charge on any atom is -0.466 e. The number of aliphatic imine (C=N–C) groups is 1. The lowest BCUT2D eigenvalue weighted by atomic mass is 9.80. The number of aliphatic hydroxyl groups excluding tert-OH is 1. The number of esters is 1. The molecule has 0 aromatic rings. The van der Waals surface area contributed by atoms with E-state index in [0.29, 0.717) is 32.1 Å². The Morgan fingerprint density at radius 1 is 1.13 bits per heavy atom. The molecule has 0 aromatic heterocycles. The molecule has 216 valence electrons. The highest BCUT2D eigenvalue weighted by Crippen LogP contribution is 2.35. The van der Waals surface area contributed by atoms with Gasteiger partial charge in [0.1, 0.15) is 0 Å². The molecule has 2 fully saturated rings. The predicted octanol–water partition coefficient (Wildman–Crippen LogP) is 1.30. The SMILES string of the molecule is CCOC(=O)CC(NC(=O)CNC(=O)C1CCCC(N=C(N)NC(=O)OCC)C1)C1CC(Cl)CC(Br)C1O. The second kappa shape index (κ2) is 16.1. The lowest BCUT2D eigenvalue weighted by molar-refractivity contribution is -0.144. The molecule has 12 nitrogen and oxygen atoms in total.